The van der Waals surface area contributed by atoms with Crippen molar-refractivity contribution in [2.75, 3.05) is 18.0 Å². The lowest BCUT2D eigenvalue weighted by Gasteiger charge is -2.17. The van der Waals surface area contributed by atoms with Gasteiger partial charge in [0, 0.05) is 29.4 Å². The fourth-order valence-electron chi connectivity index (χ4n) is 3.04. The number of fused-ring (bicyclic) bond motifs is 1. The van der Waals surface area contributed by atoms with Gasteiger partial charge in [-0.15, -0.1) is 0 Å². The zero-order chi connectivity index (χ0) is 15.8. The monoisotopic (exact) mass is 325 g/mol. The summed E-state index contributed by atoms with van der Waals surface area (Å²) in [6.45, 7) is 2.11. The molecule has 0 bridgehead atoms. The Morgan fingerprint density at radius 2 is 1.78 bits per heavy atom. The van der Waals surface area contributed by atoms with E-state index in [1.807, 2.05) is 30.3 Å². The molecule has 0 amide bonds. The van der Waals surface area contributed by atoms with Gasteiger partial charge >= 0.3 is 0 Å². The maximum absolute atomic E-state index is 12.5. The van der Waals surface area contributed by atoms with Crippen molar-refractivity contribution >= 4 is 28.2 Å². The Morgan fingerprint density at radius 3 is 2.52 bits per heavy atom. The summed E-state index contributed by atoms with van der Waals surface area (Å²) in [5.74, 6) is 0.563. The van der Waals surface area contributed by atoms with E-state index in [1.165, 1.54) is 12.8 Å². The highest BCUT2D eigenvalue weighted by Crippen LogP contribution is 2.24. The van der Waals surface area contributed by atoms with Crippen molar-refractivity contribution < 1.29 is 0 Å². The van der Waals surface area contributed by atoms with Crippen LogP contribution in [0.3, 0.4) is 0 Å². The van der Waals surface area contributed by atoms with Gasteiger partial charge in [0.2, 0.25) is 0 Å². The largest absolute Gasteiger partial charge is 0.372 e. The average molecular weight is 326 g/mol. The van der Waals surface area contributed by atoms with E-state index in [1.54, 1.807) is 12.1 Å². The molecule has 0 aliphatic carbocycles. The first-order valence-electron chi connectivity index (χ1n) is 7.76. The van der Waals surface area contributed by atoms with Crippen molar-refractivity contribution in [1.29, 1.82) is 0 Å². The maximum Gasteiger partial charge on any atom is 0.259 e. The molecule has 0 radical (unpaired) electrons. The number of nitrogens with zero attached hydrogens (tertiary/aromatic N) is 2. The minimum Gasteiger partial charge on any atom is -0.372 e. The third-order valence-corrected chi connectivity index (χ3v) is 4.53. The van der Waals surface area contributed by atoms with Gasteiger partial charge in [0.15, 0.2) is 0 Å². The Hall–Kier alpha value is -2.33. The maximum atomic E-state index is 12.5. The molecule has 1 aliphatic heterocycles. The van der Waals surface area contributed by atoms with Crippen molar-refractivity contribution in [1.82, 2.24) is 9.97 Å². The molecular weight excluding hydrogens is 310 g/mol. The van der Waals surface area contributed by atoms with Crippen LogP contribution in [-0.4, -0.2) is 23.1 Å². The summed E-state index contributed by atoms with van der Waals surface area (Å²) in [7, 11) is 0. The summed E-state index contributed by atoms with van der Waals surface area (Å²) in [5, 5.41) is 1.29. The second-order valence-corrected chi connectivity index (χ2v) is 6.25. The molecule has 4 nitrogen and oxygen atoms in total. The van der Waals surface area contributed by atoms with Crippen LogP contribution in [0.2, 0.25) is 5.02 Å². The van der Waals surface area contributed by atoms with E-state index in [2.05, 4.69) is 14.9 Å². The summed E-state index contributed by atoms with van der Waals surface area (Å²) >= 11 is 5.91. The van der Waals surface area contributed by atoms with Crippen LogP contribution in [0.25, 0.3) is 22.3 Å². The van der Waals surface area contributed by atoms with Gasteiger partial charge in [-0.2, -0.15) is 0 Å². The lowest BCUT2D eigenvalue weighted by Crippen LogP contribution is -2.18. The van der Waals surface area contributed by atoms with Crippen LogP contribution in [0, 0.1) is 0 Å². The van der Waals surface area contributed by atoms with Crippen LogP contribution in [0.1, 0.15) is 12.8 Å². The van der Waals surface area contributed by atoms with Crippen molar-refractivity contribution in [3.8, 4) is 11.4 Å². The number of nitrogens with one attached hydrogen (secondary N) is 1. The van der Waals surface area contributed by atoms with Crippen molar-refractivity contribution in [2.45, 2.75) is 12.8 Å². The Balaban J connectivity index is 1.80. The van der Waals surface area contributed by atoms with Gasteiger partial charge in [-0.3, -0.25) is 4.79 Å². The minimum atomic E-state index is -0.110. The van der Waals surface area contributed by atoms with Gasteiger partial charge in [0.1, 0.15) is 5.82 Å². The molecule has 0 atom stereocenters. The second kappa shape index (κ2) is 5.70. The average Bonchev–Trinajstić information content (AvgIpc) is 3.10. The van der Waals surface area contributed by atoms with Crippen LogP contribution in [0.4, 0.5) is 5.69 Å². The molecule has 0 unspecified atom stereocenters. The lowest BCUT2D eigenvalue weighted by atomic mass is 10.1. The molecule has 2 aromatic carbocycles. The van der Waals surface area contributed by atoms with E-state index in [0.29, 0.717) is 21.7 Å². The molecule has 1 N–H and O–H groups in total. The third-order valence-electron chi connectivity index (χ3n) is 4.28. The summed E-state index contributed by atoms with van der Waals surface area (Å²) < 4.78 is 0. The van der Waals surface area contributed by atoms with Crippen LogP contribution in [0.15, 0.2) is 47.3 Å². The van der Waals surface area contributed by atoms with E-state index >= 15 is 0 Å². The Bertz CT molecular complexity index is 912. The molecule has 1 aliphatic rings. The lowest BCUT2D eigenvalue weighted by molar-refractivity contribution is 0.949. The number of hydrogen-bond acceptors (Lipinski definition) is 3. The van der Waals surface area contributed by atoms with E-state index < -0.39 is 0 Å². The van der Waals surface area contributed by atoms with E-state index in [-0.39, 0.29) is 5.56 Å². The minimum absolute atomic E-state index is 0.110. The van der Waals surface area contributed by atoms with E-state index in [9.17, 15) is 4.79 Å². The van der Waals surface area contributed by atoms with E-state index in [0.717, 1.165) is 24.3 Å². The van der Waals surface area contributed by atoms with Crippen LogP contribution < -0.4 is 10.5 Å². The number of aromatic nitrogens is 2. The summed E-state index contributed by atoms with van der Waals surface area (Å²) in [6, 6.07) is 13.2. The van der Waals surface area contributed by atoms with E-state index in [4.69, 9.17) is 11.6 Å². The predicted molar refractivity (Wildman–Crippen MR) is 94.3 cm³/mol. The van der Waals surface area contributed by atoms with Crippen LogP contribution in [0.5, 0.6) is 0 Å². The molecule has 116 valence electrons. The van der Waals surface area contributed by atoms with Crippen molar-refractivity contribution in [3.05, 3.63) is 57.8 Å². The van der Waals surface area contributed by atoms with Gasteiger partial charge < -0.3 is 9.88 Å². The number of aromatic amines is 1. The summed E-state index contributed by atoms with van der Waals surface area (Å²) in [5.41, 5.74) is 2.54. The molecule has 1 saturated heterocycles. The molecule has 0 spiro atoms. The standard InChI is InChI=1S/C18H16ClN3O/c19-13-5-3-12(4-6-13)17-20-16-8-7-14(22-9-1-2-10-22)11-15(16)18(23)21-17/h3-8,11H,1-2,9-10H2,(H,20,21,23). The fraction of sp³-hybridized carbons (Fsp3) is 0.222. The zero-order valence-electron chi connectivity index (χ0n) is 12.6. The fourth-order valence-corrected chi connectivity index (χ4v) is 3.17. The highest BCUT2D eigenvalue weighted by Gasteiger charge is 2.14. The zero-order valence-corrected chi connectivity index (χ0v) is 13.3. The molecule has 23 heavy (non-hydrogen) atoms. The highest BCUT2D eigenvalue weighted by atomic mass is 35.5. The molecule has 1 fully saturated rings. The first-order valence-corrected chi connectivity index (χ1v) is 8.13. The predicted octanol–water partition coefficient (Wildman–Crippen LogP) is 3.84. The first-order chi connectivity index (χ1) is 11.2. The van der Waals surface area contributed by atoms with Gasteiger partial charge in [0.05, 0.1) is 10.9 Å². The molecule has 3 aromatic rings. The number of anilines is 1. The number of benzene rings is 2. The molecule has 2 heterocycles. The molecule has 4 rings (SSSR count). The van der Waals surface area contributed by atoms with Crippen LogP contribution >= 0.6 is 11.6 Å². The van der Waals surface area contributed by atoms with Gasteiger partial charge in [-0.25, -0.2) is 4.98 Å². The summed E-state index contributed by atoms with van der Waals surface area (Å²) in [6.07, 6.45) is 2.42. The van der Waals surface area contributed by atoms with Gasteiger partial charge in [-0.1, -0.05) is 11.6 Å². The smallest absolute Gasteiger partial charge is 0.259 e. The highest BCUT2D eigenvalue weighted by molar-refractivity contribution is 6.30. The van der Waals surface area contributed by atoms with Crippen molar-refractivity contribution in [2.24, 2.45) is 0 Å². The van der Waals surface area contributed by atoms with Gasteiger partial charge in [-0.05, 0) is 55.3 Å². The third kappa shape index (κ3) is 2.70. The molecular formula is C18H16ClN3O. The van der Waals surface area contributed by atoms with Crippen molar-refractivity contribution in [3.63, 3.8) is 0 Å². The number of rotatable bonds is 2. The van der Waals surface area contributed by atoms with Gasteiger partial charge in [0.25, 0.3) is 5.56 Å². The number of H-pyrrole nitrogens is 1. The Labute approximate surface area is 138 Å². The molecule has 1 aromatic heterocycles. The normalized spacial score (nSPS) is 14.6. The Morgan fingerprint density at radius 1 is 1.04 bits per heavy atom. The quantitative estimate of drug-likeness (QED) is 0.778. The topological polar surface area (TPSA) is 49.0 Å². The second-order valence-electron chi connectivity index (χ2n) is 5.82. The molecule has 5 heteroatoms. The Kier molecular flexibility index (Phi) is 3.54. The first kappa shape index (κ1) is 14.3. The number of halogens is 1. The summed E-state index contributed by atoms with van der Waals surface area (Å²) in [4.78, 5) is 22.2. The molecule has 0 saturated carbocycles. The number of hydrogen-bond donors (Lipinski definition) is 1. The SMILES string of the molecule is O=c1[nH]c(-c2ccc(Cl)cc2)nc2ccc(N3CCCC3)cc12. The van der Waals surface area contributed by atoms with Crippen LogP contribution in [-0.2, 0) is 0 Å².